The summed E-state index contributed by atoms with van der Waals surface area (Å²) in [5.74, 6) is 0.200. The van der Waals surface area contributed by atoms with E-state index in [0.717, 1.165) is 5.69 Å². The molecule has 0 atom stereocenters. The van der Waals surface area contributed by atoms with Crippen LogP contribution in [0.15, 0.2) is 5.03 Å². The molecule has 1 aliphatic heterocycles. The summed E-state index contributed by atoms with van der Waals surface area (Å²) in [6.07, 6.45) is 0.649. The molecule has 5 nitrogen and oxygen atoms in total. The molecular weight excluding hydrogens is 202 g/mol. The lowest BCUT2D eigenvalue weighted by Gasteiger charge is -2.02. The molecule has 0 saturated heterocycles. The number of anilines is 1. The second-order valence-corrected chi connectivity index (χ2v) is 5.51. The molecule has 2 heterocycles. The van der Waals surface area contributed by atoms with E-state index < -0.39 is 9.84 Å². The zero-order chi connectivity index (χ0) is 10.3. The van der Waals surface area contributed by atoms with Crippen molar-refractivity contribution in [3.63, 3.8) is 0 Å². The summed E-state index contributed by atoms with van der Waals surface area (Å²) < 4.78 is 25.1. The molecule has 0 aromatic carbocycles. The number of nitrogens with one attached hydrogen (secondary N) is 1. The third kappa shape index (κ3) is 1.30. The first-order chi connectivity index (χ1) is 6.52. The van der Waals surface area contributed by atoms with Crippen LogP contribution < -0.4 is 5.32 Å². The van der Waals surface area contributed by atoms with Crippen LogP contribution in [0.2, 0.25) is 0 Å². The summed E-state index contributed by atoms with van der Waals surface area (Å²) in [7, 11) is -1.49. The zero-order valence-electron chi connectivity index (χ0n) is 8.24. The van der Waals surface area contributed by atoms with Crippen molar-refractivity contribution in [3.8, 4) is 0 Å². The highest BCUT2D eigenvalue weighted by atomic mass is 32.2. The number of hydrogen-bond acceptors (Lipinski definition) is 4. The molecule has 1 aromatic heterocycles. The van der Waals surface area contributed by atoms with Gasteiger partial charge in [-0.15, -0.1) is 0 Å². The highest BCUT2D eigenvalue weighted by Crippen LogP contribution is 2.27. The normalized spacial score (nSPS) is 19.6. The van der Waals surface area contributed by atoms with Crippen LogP contribution in [-0.4, -0.2) is 30.5 Å². The quantitative estimate of drug-likeness (QED) is 0.677. The van der Waals surface area contributed by atoms with E-state index >= 15 is 0 Å². The van der Waals surface area contributed by atoms with Gasteiger partial charge in [-0.1, -0.05) is 0 Å². The highest BCUT2D eigenvalue weighted by molar-refractivity contribution is 7.91. The molecule has 78 valence electrons. The molecule has 1 aromatic rings. The van der Waals surface area contributed by atoms with Gasteiger partial charge in [0.2, 0.25) is 0 Å². The lowest BCUT2D eigenvalue weighted by atomic mass is 10.4. The molecule has 0 saturated carbocycles. The molecule has 14 heavy (non-hydrogen) atoms. The monoisotopic (exact) mass is 215 g/mol. The number of rotatable bonds is 0. The molecule has 2 rings (SSSR count). The van der Waals surface area contributed by atoms with E-state index in [1.807, 2.05) is 6.92 Å². The fourth-order valence-corrected chi connectivity index (χ4v) is 3.46. The summed E-state index contributed by atoms with van der Waals surface area (Å²) in [4.78, 5) is 0. The Labute approximate surface area is 83.0 Å². The second-order valence-electron chi connectivity index (χ2n) is 3.49. The van der Waals surface area contributed by atoms with Gasteiger partial charge in [0.1, 0.15) is 0 Å². The van der Waals surface area contributed by atoms with E-state index in [9.17, 15) is 8.42 Å². The minimum Gasteiger partial charge on any atom is -0.381 e. The van der Waals surface area contributed by atoms with Crippen LogP contribution in [0.3, 0.4) is 0 Å². The molecule has 0 radical (unpaired) electrons. The van der Waals surface area contributed by atoms with E-state index in [4.69, 9.17) is 0 Å². The lowest BCUT2D eigenvalue weighted by Crippen LogP contribution is -2.10. The average Bonchev–Trinajstić information content (AvgIpc) is 2.27. The minimum absolute atomic E-state index is 0.200. The predicted molar refractivity (Wildman–Crippen MR) is 53.1 cm³/mol. The van der Waals surface area contributed by atoms with Gasteiger partial charge in [-0.3, -0.25) is 4.68 Å². The van der Waals surface area contributed by atoms with Crippen LogP contribution in [0, 0.1) is 6.92 Å². The van der Waals surface area contributed by atoms with Gasteiger partial charge in [0.05, 0.1) is 17.1 Å². The van der Waals surface area contributed by atoms with Crippen LogP contribution in [0.25, 0.3) is 0 Å². The Morgan fingerprint density at radius 1 is 1.50 bits per heavy atom. The maximum absolute atomic E-state index is 11.8. The van der Waals surface area contributed by atoms with Crippen LogP contribution >= 0.6 is 0 Å². The summed E-state index contributed by atoms with van der Waals surface area (Å²) in [5.41, 5.74) is 1.41. The Hall–Kier alpha value is -1.04. The van der Waals surface area contributed by atoms with Crippen molar-refractivity contribution in [3.05, 3.63) is 5.69 Å². The Balaban J connectivity index is 2.71. The van der Waals surface area contributed by atoms with Gasteiger partial charge in [-0.2, -0.15) is 5.10 Å². The summed E-state index contributed by atoms with van der Waals surface area (Å²) in [6.45, 7) is 2.51. The van der Waals surface area contributed by atoms with Gasteiger partial charge in [0, 0.05) is 13.6 Å². The van der Waals surface area contributed by atoms with Crippen LogP contribution in [0.4, 0.5) is 5.69 Å². The Kier molecular flexibility index (Phi) is 2.02. The second kappa shape index (κ2) is 2.98. The maximum Gasteiger partial charge on any atom is 0.197 e. The number of sulfone groups is 1. The van der Waals surface area contributed by atoms with Crippen molar-refractivity contribution < 1.29 is 8.42 Å². The third-order valence-electron chi connectivity index (χ3n) is 2.36. The van der Waals surface area contributed by atoms with Crippen molar-refractivity contribution >= 4 is 15.5 Å². The first-order valence-corrected chi connectivity index (χ1v) is 6.18. The molecule has 0 fully saturated rings. The van der Waals surface area contributed by atoms with Crippen molar-refractivity contribution in [1.82, 2.24) is 9.78 Å². The van der Waals surface area contributed by atoms with Gasteiger partial charge in [0.25, 0.3) is 0 Å². The number of aryl methyl sites for hydroxylation is 2. The molecule has 0 unspecified atom stereocenters. The zero-order valence-corrected chi connectivity index (χ0v) is 9.06. The van der Waals surface area contributed by atoms with Gasteiger partial charge < -0.3 is 5.32 Å². The van der Waals surface area contributed by atoms with E-state index in [-0.39, 0.29) is 5.75 Å². The molecule has 0 aliphatic carbocycles. The first-order valence-electron chi connectivity index (χ1n) is 4.52. The topological polar surface area (TPSA) is 64.0 Å². The molecule has 0 bridgehead atoms. The standard InChI is InChI=1S/C8H13N3O2S/c1-6-7-8(11(2)10-6)14(12,13)5-3-4-9-7/h9H,3-5H2,1-2H3. The first kappa shape index (κ1) is 9.51. The smallest absolute Gasteiger partial charge is 0.197 e. The van der Waals surface area contributed by atoms with Crippen molar-refractivity contribution in [2.45, 2.75) is 18.4 Å². The third-order valence-corrected chi connectivity index (χ3v) is 4.24. The molecule has 0 amide bonds. The molecule has 1 aliphatic rings. The van der Waals surface area contributed by atoms with Crippen molar-refractivity contribution in [1.29, 1.82) is 0 Å². The summed E-state index contributed by atoms with van der Waals surface area (Å²) >= 11 is 0. The fraction of sp³-hybridized carbons (Fsp3) is 0.625. The van der Waals surface area contributed by atoms with E-state index in [1.54, 1.807) is 7.05 Å². The summed E-state index contributed by atoms with van der Waals surface area (Å²) in [6, 6.07) is 0. The number of aromatic nitrogens is 2. The van der Waals surface area contributed by atoms with Gasteiger partial charge >= 0.3 is 0 Å². The number of nitrogens with zero attached hydrogens (tertiary/aromatic N) is 2. The Morgan fingerprint density at radius 2 is 2.21 bits per heavy atom. The van der Waals surface area contributed by atoms with E-state index in [1.165, 1.54) is 4.68 Å². The van der Waals surface area contributed by atoms with Crippen LogP contribution in [0.5, 0.6) is 0 Å². The van der Waals surface area contributed by atoms with Gasteiger partial charge in [-0.05, 0) is 13.3 Å². The lowest BCUT2D eigenvalue weighted by molar-refractivity contribution is 0.577. The average molecular weight is 215 g/mol. The van der Waals surface area contributed by atoms with Gasteiger partial charge in [-0.25, -0.2) is 8.42 Å². The molecule has 0 spiro atoms. The van der Waals surface area contributed by atoms with Crippen molar-refractivity contribution in [2.75, 3.05) is 17.6 Å². The summed E-state index contributed by atoms with van der Waals surface area (Å²) in [5, 5.41) is 7.54. The minimum atomic E-state index is -3.15. The van der Waals surface area contributed by atoms with Crippen LogP contribution in [0.1, 0.15) is 12.1 Å². The SMILES string of the molecule is Cc1nn(C)c2c1NCCCS2(=O)=O. The van der Waals surface area contributed by atoms with Gasteiger partial charge in [0.15, 0.2) is 14.9 Å². The van der Waals surface area contributed by atoms with Crippen molar-refractivity contribution in [2.24, 2.45) is 7.05 Å². The number of fused-ring (bicyclic) bond motifs is 1. The molecule has 6 heteroatoms. The largest absolute Gasteiger partial charge is 0.381 e. The number of hydrogen-bond donors (Lipinski definition) is 1. The predicted octanol–water partition coefficient (Wildman–Crippen LogP) is 0.318. The highest BCUT2D eigenvalue weighted by Gasteiger charge is 2.27. The van der Waals surface area contributed by atoms with Crippen LogP contribution in [-0.2, 0) is 16.9 Å². The van der Waals surface area contributed by atoms with E-state index in [2.05, 4.69) is 10.4 Å². The fourth-order valence-electron chi connectivity index (χ4n) is 1.77. The van der Waals surface area contributed by atoms with E-state index in [0.29, 0.717) is 23.7 Å². The Bertz CT molecular complexity index is 461. The Morgan fingerprint density at radius 3 is 2.93 bits per heavy atom. The molecule has 1 N–H and O–H groups in total. The maximum atomic E-state index is 11.8. The molecular formula is C8H13N3O2S.